The number of hydrogen-bond acceptors (Lipinski definition) is 3. The molecular formula is C19H22ClN3O2. The maximum atomic E-state index is 6.27. The molecule has 2 aromatic carbocycles. The first kappa shape index (κ1) is 17.4. The van der Waals surface area contributed by atoms with Crippen LogP contribution in [0.25, 0.3) is 0 Å². The van der Waals surface area contributed by atoms with Gasteiger partial charge in [-0.2, -0.15) is 0 Å². The van der Waals surface area contributed by atoms with Gasteiger partial charge in [0.15, 0.2) is 17.5 Å². The number of guanidine groups is 1. The Hall–Kier alpha value is -2.40. The number of halogens is 1. The maximum absolute atomic E-state index is 6.27. The molecule has 1 aliphatic rings. The third kappa shape index (κ3) is 4.79. The summed E-state index contributed by atoms with van der Waals surface area (Å²) in [6.45, 7) is 2.57. The van der Waals surface area contributed by atoms with Crippen LogP contribution in [0.2, 0.25) is 5.02 Å². The van der Waals surface area contributed by atoms with E-state index in [-0.39, 0.29) is 0 Å². The lowest BCUT2D eigenvalue weighted by Gasteiger charge is -2.20. The average Bonchev–Trinajstić information content (AvgIpc) is 2.65. The Balaban J connectivity index is 1.50. The summed E-state index contributed by atoms with van der Waals surface area (Å²) >= 11 is 6.27. The van der Waals surface area contributed by atoms with Gasteiger partial charge in [-0.1, -0.05) is 41.9 Å². The van der Waals surface area contributed by atoms with Gasteiger partial charge in [0, 0.05) is 20.1 Å². The highest BCUT2D eigenvalue weighted by molar-refractivity contribution is 6.32. The third-order valence-corrected chi connectivity index (χ3v) is 4.17. The molecule has 2 aromatic rings. The van der Waals surface area contributed by atoms with Crippen molar-refractivity contribution in [3.8, 4) is 11.5 Å². The molecule has 1 aliphatic heterocycles. The van der Waals surface area contributed by atoms with E-state index in [0.29, 0.717) is 24.0 Å². The molecule has 6 heteroatoms. The molecule has 0 saturated heterocycles. The number of aliphatic imine (C=N–C) groups is 1. The Bertz CT molecular complexity index is 735. The molecule has 1 heterocycles. The molecule has 3 rings (SSSR count). The monoisotopic (exact) mass is 359 g/mol. The minimum absolute atomic E-state index is 0.539. The fourth-order valence-corrected chi connectivity index (χ4v) is 2.92. The zero-order valence-corrected chi connectivity index (χ0v) is 15.0. The molecule has 0 radical (unpaired) electrons. The van der Waals surface area contributed by atoms with Crippen LogP contribution in [-0.4, -0.2) is 32.8 Å². The Morgan fingerprint density at radius 2 is 1.88 bits per heavy atom. The Labute approximate surface area is 153 Å². The summed E-state index contributed by atoms with van der Waals surface area (Å²) in [7, 11) is 1.77. The number of hydrogen-bond donors (Lipinski definition) is 2. The van der Waals surface area contributed by atoms with E-state index < -0.39 is 0 Å². The van der Waals surface area contributed by atoms with Crippen LogP contribution in [0, 0.1) is 0 Å². The molecule has 0 saturated carbocycles. The highest BCUT2D eigenvalue weighted by atomic mass is 35.5. The van der Waals surface area contributed by atoms with Crippen molar-refractivity contribution >= 4 is 17.6 Å². The zero-order valence-electron chi connectivity index (χ0n) is 14.2. The van der Waals surface area contributed by atoms with Crippen LogP contribution < -0.4 is 20.1 Å². The van der Waals surface area contributed by atoms with Crippen LogP contribution in [0.5, 0.6) is 11.5 Å². The second-order valence-electron chi connectivity index (χ2n) is 5.69. The highest BCUT2D eigenvalue weighted by Gasteiger charge is 2.16. The lowest BCUT2D eigenvalue weighted by Crippen LogP contribution is -2.37. The predicted molar refractivity (Wildman–Crippen MR) is 101 cm³/mol. The third-order valence-electron chi connectivity index (χ3n) is 3.89. The zero-order chi connectivity index (χ0) is 17.5. The fraction of sp³-hybridized carbons (Fsp3) is 0.316. The lowest BCUT2D eigenvalue weighted by molar-refractivity contribution is 0.171. The number of fused-ring (bicyclic) bond motifs is 1. The maximum Gasteiger partial charge on any atom is 0.191 e. The van der Waals surface area contributed by atoms with E-state index in [4.69, 9.17) is 21.1 Å². The first-order valence-corrected chi connectivity index (χ1v) is 8.70. The number of nitrogens with zero attached hydrogens (tertiary/aromatic N) is 1. The Kier molecular flexibility index (Phi) is 6.01. The molecule has 0 spiro atoms. The molecule has 132 valence electrons. The summed E-state index contributed by atoms with van der Waals surface area (Å²) in [4.78, 5) is 4.25. The van der Waals surface area contributed by atoms with E-state index in [1.165, 1.54) is 5.56 Å². The van der Waals surface area contributed by atoms with Crippen molar-refractivity contribution in [2.24, 2.45) is 4.99 Å². The van der Waals surface area contributed by atoms with Crippen LogP contribution in [0.4, 0.5) is 0 Å². The molecule has 0 aliphatic carbocycles. The lowest BCUT2D eigenvalue weighted by atomic mass is 10.1. The summed E-state index contributed by atoms with van der Waals surface area (Å²) < 4.78 is 11.2. The molecular weight excluding hydrogens is 338 g/mol. The van der Waals surface area contributed by atoms with Crippen LogP contribution in [0.15, 0.2) is 47.5 Å². The molecule has 0 amide bonds. The minimum atomic E-state index is 0.539. The molecule has 0 unspecified atom stereocenters. The quantitative estimate of drug-likeness (QED) is 0.636. The second kappa shape index (κ2) is 8.62. The minimum Gasteiger partial charge on any atom is -0.486 e. The number of rotatable bonds is 5. The van der Waals surface area contributed by atoms with Gasteiger partial charge in [-0.05, 0) is 29.7 Å². The fourth-order valence-electron chi connectivity index (χ4n) is 2.64. The summed E-state index contributed by atoms with van der Waals surface area (Å²) in [6, 6.07) is 14.1. The van der Waals surface area contributed by atoms with E-state index in [1.54, 1.807) is 7.05 Å². The van der Waals surface area contributed by atoms with Crippen molar-refractivity contribution in [2.45, 2.75) is 13.0 Å². The first-order valence-electron chi connectivity index (χ1n) is 8.32. The van der Waals surface area contributed by atoms with Gasteiger partial charge >= 0.3 is 0 Å². The van der Waals surface area contributed by atoms with Gasteiger partial charge in [0.05, 0.1) is 5.02 Å². The molecule has 25 heavy (non-hydrogen) atoms. The van der Waals surface area contributed by atoms with E-state index in [0.717, 1.165) is 36.8 Å². The molecule has 0 bridgehead atoms. The van der Waals surface area contributed by atoms with Gasteiger partial charge < -0.3 is 20.1 Å². The van der Waals surface area contributed by atoms with Gasteiger partial charge in [0.1, 0.15) is 13.2 Å². The Morgan fingerprint density at radius 3 is 2.68 bits per heavy atom. The summed E-state index contributed by atoms with van der Waals surface area (Å²) in [5.74, 6) is 2.14. The van der Waals surface area contributed by atoms with Gasteiger partial charge in [-0.15, -0.1) is 0 Å². The van der Waals surface area contributed by atoms with Crippen molar-refractivity contribution < 1.29 is 9.47 Å². The van der Waals surface area contributed by atoms with Crippen molar-refractivity contribution in [3.05, 3.63) is 58.6 Å². The van der Waals surface area contributed by atoms with Gasteiger partial charge in [0.25, 0.3) is 0 Å². The largest absolute Gasteiger partial charge is 0.486 e. The van der Waals surface area contributed by atoms with Gasteiger partial charge in [-0.25, -0.2) is 0 Å². The van der Waals surface area contributed by atoms with Crippen LogP contribution >= 0.6 is 11.6 Å². The van der Waals surface area contributed by atoms with E-state index in [1.807, 2.05) is 30.3 Å². The van der Waals surface area contributed by atoms with Crippen LogP contribution in [-0.2, 0) is 13.0 Å². The summed E-state index contributed by atoms with van der Waals surface area (Å²) in [6.07, 6.45) is 0.808. The van der Waals surface area contributed by atoms with Crippen molar-refractivity contribution in [1.82, 2.24) is 10.6 Å². The van der Waals surface area contributed by atoms with Crippen LogP contribution in [0.3, 0.4) is 0 Å². The molecule has 0 fully saturated rings. The number of ether oxygens (including phenoxy) is 2. The molecule has 5 nitrogen and oxygen atoms in total. The highest BCUT2D eigenvalue weighted by Crippen LogP contribution is 2.38. The van der Waals surface area contributed by atoms with Crippen molar-refractivity contribution in [3.63, 3.8) is 0 Å². The first-order chi connectivity index (χ1) is 12.3. The molecule has 0 aromatic heterocycles. The van der Waals surface area contributed by atoms with Crippen molar-refractivity contribution in [2.75, 3.05) is 26.8 Å². The number of benzene rings is 2. The molecule has 2 N–H and O–H groups in total. The predicted octanol–water partition coefficient (Wildman–Crippen LogP) is 3.02. The number of nitrogens with one attached hydrogen (secondary N) is 2. The van der Waals surface area contributed by atoms with Gasteiger partial charge in [-0.3, -0.25) is 4.99 Å². The van der Waals surface area contributed by atoms with Gasteiger partial charge in [0.2, 0.25) is 0 Å². The summed E-state index contributed by atoms with van der Waals surface area (Å²) in [5, 5.41) is 7.21. The van der Waals surface area contributed by atoms with E-state index >= 15 is 0 Å². The van der Waals surface area contributed by atoms with E-state index in [9.17, 15) is 0 Å². The van der Waals surface area contributed by atoms with E-state index in [2.05, 4.69) is 27.8 Å². The normalized spacial score (nSPS) is 13.4. The molecule has 0 atom stereocenters. The average molecular weight is 360 g/mol. The summed E-state index contributed by atoms with van der Waals surface area (Å²) in [5.41, 5.74) is 2.31. The SMILES string of the molecule is CN=C(NCCc1cc(Cl)c2c(c1)OCCO2)NCc1ccccc1. The smallest absolute Gasteiger partial charge is 0.191 e. The Morgan fingerprint density at radius 1 is 1.08 bits per heavy atom. The second-order valence-corrected chi connectivity index (χ2v) is 6.10. The topological polar surface area (TPSA) is 54.9 Å². The van der Waals surface area contributed by atoms with Crippen LogP contribution in [0.1, 0.15) is 11.1 Å². The van der Waals surface area contributed by atoms with Crippen molar-refractivity contribution in [1.29, 1.82) is 0 Å². The standard InChI is InChI=1S/C19H22ClN3O2/c1-21-19(23-13-14-5-3-2-4-6-14)22-8-7-15-11-16(20)18-17(12-15)24-9-10-25-18/h2-6,11-12H,7-10,13H2,1H3,(H2,21,22,23).